The molecule has 0 atom stereocenters. The van der Waals surface area contributed by atoms with Gasteiger partial charge in [0, 0.05) is 10.6 Å². The highest BCUT2D eigenvalue weighted by Gasteiger charge is 2.05. The van der Waals surface area contributed by atoms with Gasteiger partial charge in [-0.15, -0.1) is 11.3 Å². The molecule has 4 nitrogen and oxygen atoms in total. The van der Waals surface area contributed by atoms with Crippen molar-refractivity contribution in [1.82, 2.24) is 5.32 Å². The first kappa shape index (κ1) is 13.7. The fourth-order valence-electron chi connectivity index (χ4n) is 1.50. The minimum atomic E-state index is -0.269. The molecule has 0 fully saturated rings. The largest absolute Gasteiger partial charge is 0.495 e. The van der Waals surface area contributed by atoms with Crippen molar-refractivity contribution >= 4 is 34.7 Å². The zero-order valence-electron chi connectivity index (χ0n) is 10.3. The summed E-state index contributed by atoms with van der Waals surface area (Å²) in [5, 5.41) is 7.91. The molecule has 0 aliphatic heterocycles. The maximum absolute atomic E-state index is 11.7. The predicted octanol–water partition coefficient (Wildman–Crippen LogP) is 3.73. The number of urea groups is 1. The summed E-state index contributed by atoms with van der Waals surface area (Å²) in [6.45, 7) is 0.507. The number of hydrogen-bond donors (Lipinski definition) is 2. The van der Waals surface area contributed by atoms with Gasteiger partial charge in [0.25, 0.3) is 0 Å². The summed E-state index contributed by atoms with van der Waals surface area (Å²) < 4.78 is 5.04. The smallest absolute Gasteiger partial charge is 0.319 e. The predicted molar refractivity (Wildman–Crippen MR) is 78.2 cm³/mol. The quantitative estimate of drug-likeness (QED) is 0.903. The Bertz CT molecular complexity index is 558. The molecule has 2 aromatic rings. The lowest BCUT2D eigenvalue weighted by molar-refractivity contribution is 0.252. The number of carbonyl (C=O) groups is 1. The average molecular weight is 297 g/mol. The first-order valence-electron chi connectivity index (χ1n) is 5.60. The van der Waals surface area contributed by atoms with E-state index in [9.17, 15) is 4.79 Å². The molecule has 0 bridgehead atoms. The Morgan fingerprint density at radius 1 is 1.42 bits per heavy atom. The lowest BCUT2D eigenvalue weighted by Gasteiger charge is -2.08. The second-order valence-electron chi connectivity index (χ2n) is 3.74. The third-order valence-electron chi connectivity index (χ3n) is 2.41. The standard InChI is InChI=1S/C13H13ClN2O2S/c1-18-12-5-4-9(7-11(12)14)16-13(17)15-8-10-3-2-6-19-10/h2-7H,8H2,1H3,(H2,15,16,17). The van der Waals surface area contributed by atoms with E-state index in [4.69, 9.17) is 16.3 Å². The third kappa shape index (κ3) is 3.87. The molecule has 1 heterocycles. The van der Waals surface area contributed by atoms with Crippen LogP contribution in [0.2, 0.25) is 5.02 Å². The van der Waals surface area contributed by atoms with E-state index in [1.54, 1.807) is 36.6 Å². The first-order chi connectivity index (χ1) is 9.19. The molecule has 2 amide bonds. The second kappa shape index (κ2) is 6.45. The topological polar surface area (TPSA) is 50.4 Å². The monoisotopic (exact) mass is 296 g/mol. The van der Waals surface area contributed by atoms with E-state index in [-0.39, 0.29) is 6.03 Å². The van der Waals surface area contributed by atoms with E-state index in [2.05, 4.69) is 10.6 Å². The van der Waals surface area contributed by atoms with Crippen LogP contribution < -0.4 is 15.4 Å². The lowest BCUT2D eigenvalue weighted by atomic mass is 10.3. The zero-order chi connectivity index (χ0) is 13.7. The van der Waals surface area contributed by atoms with E-state index in [0.29, 0.717) is 23.0 Å². The van der Waals surface area contributed by atoms with E-state index in [1.807, 2.05) is 17.5 Å². The van der Waals surface area contributed by atoms with E-state index in [1.165, 1.54) is 0 Å². The van der Waals surface area contributed by atoms with Crippen LogP contribution in [0.4, 0.5) is 10.5 Å². The molecule has 2 rings (SSSR count). The molecule has 1 aromatic carbocycles. The minimum Gasteiger partial charge on any atom is -0.495 e. The van der Waals surface area contributed by atoms with Crippen LogP contribution in [0.5, 0.6) is 5.75 Å². The summed E-state index contributed by atoms with van der Waals surface area (Å²) >= 11 is 7.57. The first-order valence-corrected chi connectivity index (χ1v) is 6.85. The van der Waals surface area contributed by atoms with E-state index < -0.39 is 0 Å². The number of hydrogen-bond acceptors (Lipinski definition) is 3. The Morgan fingerprint density at radius 3 is 2.89 bits per heavy atom. The maximum atomic E-state index is 11.7. The van der Waals surface area contributed by atoms with Crippen molar-refractivity contribution in [3.05, 3.63) is 45.6 Å². The number of methoxy groups -OCH3 is 1. The van der Waals surface area contributed by atoms with Gasteiger partial charge in [0.15, 0.2) is 0 Å². The Balaban J connectivity index is 1.90. The van der Waals surface area contributed by atoms with Crippen molar-refractivity contribution in [3.8, 4) is 5.75 Å². The molecule has 0 spiro atoms. The van der Waals surface area contributed by atoms with Gasteiger partial charge < -0.3 is 15.4 Å². The van der Waals surface area contributed by atoms with Gasteiger partial charge in [0.05, 0.1) is 18.7 Å². The molecule has 0 saturated carbocycles. The fourth-order valence-corrected chi connectivity index (χ4v) is 2.40. The molecule has 6 heteroatoms. The van der Waals surface area contributed by atoms with E-state index in [0.717, 1.165) is 4.88 Å². The van der Waals surface area contributed by atoms with Crippen LogP contribution in [0.25, 0.3) is 0 Å². The number of thiophene rings is 1. The molecule has 0 aliphatic carbocycles. The van der Waals surface area contributed by atoms with Gasteiger partial charge in [-0.3, -0.25) is 0 Å². The average Bonchev–Trinajstić information content (AvgIpc) is 2.90. The normalized spacial score (nSPS) is 10.0. The molecule has 0 radical (unpaired) electrons. The van der Waals surface area contributed by atoms with Crippen LogP contribution in [0.1, 0.15) is 4.88 Å². The molecule has 0 aliphatic rings. The number of anilines is 1. The van der Waals surface area contributed by atoms with Crippen LogP contribution in [0, 0.1) is 0 Å². The molecule has 0 unspecified atom stereocenters. The molecular weight excluding hydrogens is 284 g/mol. The highest BCUT2D eigenvalue weighted by atomic mass is 35.5. The van der Waals surface area contributed by atoms with Crippen LogP contribution in [0.3, 0.4) is 0 Å². The summed E-state index contributed by atoms with van der Waals surface area (Å²) in [7, 11) is 1.54. The molecule has 1 aromatic heterocycles. The minimum absolute atomic E-state index is 0.269. The number of amides is 2. The van der Waals surface area contributed by atoms with Crippen LogP contribution in [0.15, 0.2) is 35.7 Å². The number of benzene rings is 1. The number of carbonyl (C=O) groups excluding carboxylic acids is 1. The molecule has 100 valence electrons. The molecule has 0 saturated heterocycles. The van der Waals surface area contributed by atoms with Gasteiger partial charge in [0.2, 0.25) is 0 Å². The van der Waals surface area contributed by atoms with Gasteiger partial charge in [-0.05, 0) is 29.6 Å². The van der Waals surface area contributed by atoms with Crippen molar-refractivity contribution in [3.63, 3.8) is 0 Å². The molecular formula is C13H13ClN2O2S. The van der Waals surface area contributed by atoms with E-state index >= 15 is 0 Å². The Hall–Kier alpha value is -1.72. The van der Waals surface area contributed by atoms with Crippen molar-refractivity contribution in [2.45, 2.75) is 6.54 Å². The van der Waals surface area contributed by atoms with Gasteiger partial charge in [-0.25, -0.2) is 4.79 Å². The van der Waals surface area contributed by atoms with Crippen LogP contribution >= 0.6 is 22.9 Å². The van der Waals surface area contributed by atoms with Gasteiger partial charge in [0.1, 0.15) is 5.75 Å². The van der Waals surface area contributed by atoms with Gasteiger partial charge in [-0.2, -0.15) is 0 Å². The number of rotatable bonds is 4. The summed E-state index contributed by atoms with van der Waals surface area (Å²) in [6.07, 6.45) is 0. The Labute approximate surface area is 120 Å². The third-order valence-corrected chi connectivity index (χ3v) is 3.58. The summed E-state index contributed by atoms with van der Waals surface area (Å²) in [5.41, 5.74) is 0.620. The number of ether oxygens (including phenoxy) is 1. The zero-order valence-corrected chi connectivity index (χ0v) is 11.8. The summed E-state index contributed by atoms with van der Waals surface area (Å²) in [6, 6.07) is 8.73. The highest BCUT2D eigenvalue weighted by Crippen LogP contribution is 2.27. The molecule has 2 N–H and O–H groups in total. The van der Waals surface area contributed by atoms with Crippen molar-refractivity contribution in [2.24, 2.45) is 0 Å². The Morgan fingerprint density at radius 2 is 2.26 bits per heavy atom. The van der Waals surface area contributed by atoms with Crippen molar-refractivity contribution in [2.75, 3.05) is 12.4 Å². The van der Waals surface area contributed by atoms with Crippen molar-refractivity contribution < 1.29 is 9.53 Å². The Kier molecular flexibility index (Phi) is 4.65. The molecule has 19 heavy (non-hydrogen) atoms. The van der Waals surface area contributed by atoms with Crippen LogP contribution in [-0.4, -0.2) is 13.1 Å². The van der Waals surface area contributed by atoms with Gasteiger partial charge >= 0.3 is 6.03 Å². The maximum Gasteiger partial charge on any atom is 0.319 e. The summed E-state index contributed by atoms with van der Waals surface area (Å²) in [4.78, 5) is 12.8. The number of halogens is 1. The SMILES string of the molecule is COc1ccc(NC(=O)NCc2cccs2)cc1Cl. The lowest BCUT2D eigenvalue weighted by Crippen LogP contribution is -2.27. The fraction of sp³-hybridized carbons (Fsp3) is 0.154. The highest BCUT2D eigenvalue weighted by molar-refractivity contribution is 7.09. The number of nitrogens with one attached hydrogen (secondary N) is 2. The van der Waals surface area contributed by atoms with Crippen molar-refractivity contribution in [1.29, 1.82) is 0 Å². The second-order valence-corrected chi connectivity index (χ2v) is 5.18. The van der Waals surface area contributed by atoms with Gasteiger partial charge in [-0.1, -0.05) is 17.7 Å². The summed E-state index contributed by atoms with van der Waals surface area (Å²) in [5.74, 6) is 0.575. The van der Waals surface area contributed by atoms with Crippen LogP contribution in [-0.2, 0) is 6.54 Å².